The molecule has 0 saturated carbocycles. The van der Waals surface area contributed by atoms with Crippen molar-refractivity contribution in [2.45, 2.75) is 19.3 Å². The van der Waals surface area contributed by atoms with Crippen LogP contribution in [0.5, 0.6) is 0 Å². The summed E-state index contributed by atoms with van der Waals surface area (Å²) in [6.07, 6.45) is 2.59. The Kier molecular flexibility index (Phi) is 5.52. The van der Waals surface area contributed by atoms with Crippen LogP contribution >= 0.6 is 45.9 Å². The zero-order valence-electron chi connectivity index (χ0n) is 14.8. The van der Waals surface area contributed by atoms with E-state index < -0.39 is 24.4 Å². The SMILES string of the molecule is NC(=O)c1c(NC(=O)COC(=O)c2sc3cc(Cl)ccc3c2Cl)sc2c1CCC2. The molecule has 0 fully saturated rings. The van der Waals surface area contributed by atoms with Crippen LogP contribution in [0.2, 0.25) is 10.0 Å². The number of benzene rings is 1. The van der Waals surface area contributed by atoms with Crippen LogP contribution in [-0.2, 0) is 22.4 Å². The normalized spacial score (nSPS) is 12.8. The van der Waals surface area contributed by atoms with E-state index in [9.17, 15) is 14.4 Å². The Hall–Kier alpha value is -2.13. The number of carbonyl (C=O) groups excluding carboxylic acids is 3. The second-order valence-corrected chi connectivity index (χ2v) is 9.41. The van der Waals surface area contributed by atoms with Crippen molar-refractivity contribution < 1.29 is 19.1 Å². The second kappa shape index (κ2) is 7.95. The van der Waals surface area contributed by atoms with Crippen molar-refractivity contribution in [2.75, 3.05) is 11.9 Å². The number of amides is 2. The number of ether oxygens (including phenoxy) is 1. The Bertz CT molecular complexity index is 1170. The van der Waals surface area contributed by atoms with Crippen molar-refractivity contribution in [3.8, 4) is 0 Å². The molecule has 10 heteroatoms. The maximum atomic E-state index is 12.4. The molecule has 0 unspecified atom stereocenters. The van der Waals surface area contributed by atoms with E-state index in [2.05, 4.69) is 5.32 Å². The van der Waals surface area contributed by atoms with Gasteiger partial charge in [0.1, 0.15) is 9.88 Å². The van der Waals surface area contributed by atoms with Crippen molar-refractivity contribution in [1.29, 1.82) is 0 Å². The highest BCUT2D eigenvalue weighted by molar-refractivity contribution is 7.21. The van der Waals surface area contributed by atoms with Crippen molar-refractivity contribution in [1.82, 2.24) is 0 Å². The molecule has 150 valence electrons. The summed E-state index contributed by atoms with van der Waals surface area (Å²) in [5.74, 6) is -1.83. The molecule has 2 aromatic heterocycles. The largest absolute Gasteiger partial charge is 0.451 e. The van der Waals surface area contributed by atoms with E-state index in [-0.39, 0.29) is 9.90 Å². The lowest BCUT2D eigenvalue weighted by atomic mass is 10.1. The highest BCUT2D eigenvalue weighted by Crippen LogP contribution is 2.39. The quantitative estimate of drug-likeness (QED) is 0.532. The minimum atomic E-state index is -0.703. The number of esters is 1. The number of anilines is 1. The molecular weight excluding hydrogens is 455 g/mol. The maximum absolute atomic E-state index is 12.4. The lowest BCUT2D eigenvalue weighted by Gasteiger charge is -2.07. The number of aryl methyl sites for hydroxylation is 1. The van der Waals surface area contributed by atoms with Crippen LogP contribution in [0.4, 0.5) is 5.00 Å². The summed E-state index contributed by atoms with van der Waals surface area (Å²) in [7, 11) is 0. The molecule has 1 aliphatic rings. The van der Waals surface area contributed by atoms with Gasteiger partial charge < -0.3 is 15.8 Å². The van der Waals surface area contributed by atoms with Crippen LogP contribution in [0.15, 0.2) is 18.2 Å². The highest BCUT2D eigenvalue weighted by atomic mass is 35.5. The summed E-state index contributed by atoms with van der Waals surface area (Å²) in [5.41, 5.74) is 6.74. The average Bonchev–Trinajstić information content (AvgIpc) is 3.32. The maximum Gasteiger partial charge on any atom is 0.350 e. The van der Waals surface area contributed by atoms with Gasteiger partial charge in [0.15, 0.2) is 6.61 Å². The predicted octanol–water partition coefficient (Wildman–Crippen LogP) is 4.65. The number of hydrogen-bond donors (Lipinski definition) is 2. The summed E-state index contributed by atoms with van der Waals surface area (Å²) < 4.78 is 5.86. The van der Waals surface area contributed by atoms with Gasteiger partial charge in [-0.05, 0) is 37.0 Å². The number of primary amides is 1. The molecule has 4 rings (SSSR count). The van der Waals surface area contributed by atoms with E-state index >= 15 is 0 Å². The van der Waals surface area contributed by atoms with Crippen LogP contribution in [0.25, 0.3) is 10.1 Å². The van der Waals surface area contributed by atoms with E-state index in [1.54, 1.807) is 18.2 Å². The van der Waals surface area contributed by atoms with E-state index in [4.69, 9.17) is 33.7 Å². The van der Waals surface area contributed by atoms with Crippen LogP contribution in [0.3, 0.4) is 0 Å². The first-order valence-electron chi connectivity index (χ1n) is 8.64. The van der Waals surface area contributed by atoms with Gasteiger partial charge in [0.05, 0.1) is 10.6 Å². The first kappa shape index (κ1) is 20.2. The molecule has 0 spiro atoms. The van der Waals surface area contributed by atoms with Gasteiger partial charge in [-0.3, -0.25) is 9.59 Å². The zero-order chi connectivity index (χ0) is 20.7. The Balaban J connectivity index is 1.45. The van der Waals surface area contributed by atoms with Crippen molar-refractivity contribution >= 4 is 78.7 Å². The van der Waals surface area contributed by atoms with Gasteiger partial charge in [0.2, 0.25) is 0 Å². The second-order valence-electron chi connectivity index (χ2n) is 6.44. The Morgan fingerprint density at radius 3 is 2.72 bits per heavy atom. The Morgan fingerprint density at radius 2 is 1.97 bits per heavy atom. The predicted molar refractivity (Wildman–Crippen MR) is 116 cm³/mol. The fraction of sp³-hybridized carbons (Fsp3) is 0.211. The number of rotatable bonds is 5. The Morgan fingerprint density at radius 1 is 1.17 bits per heavy atom. The number of thiophene rings is 2. The summed E-state index contributed by atoms with van der Waals surface area (Å²) in [5, 5.41) is 4.52. The fourth-order valence-electron chi connectivity index (χ4n) is 3.28. The number of nitrogens with one attached hydrogen (secondary N) is 1. The lowest BCUT2D eigenvalue weighted by molar-refractivity contribution is -0.119. The molecule has 6 nitrogen and oxygen atoms in total. The molecule has 0 bridgehead atoms. The molecule has 1 aromatic carbocycles. The van der Waals surface area contributed by atoms with Crippen LogP contribution < -0.4 is 11.1 Å². The van der Waals surface area contributed by atoms with E-state index in [1.807, 2.05) is 0 Å². The zero-order valence-corrected chi connectivity index (χ0v) is 18.0. The molecular formula is C19H14Cl2N2O4S2. The molecule has 0 saturated heterocycles. The first-order valence-corrected chi connectivity index (χ1v) is 11.0. The highest BCUT2D eigenvalue weighted by Gasteiger charge is 2.26. The summed E-state index contributed by atoms with van der Waals surface area (Å²) in [6, 6.07) is 5.11. The van der Waals surface area contributed by atoms with Crippen LogP contribution in [-0.4, -0.2) is 24.4 Å². The molecule has 0 radical (unpaired) electrons. The van der Waals surface area contributed by atoms with Gasteiger partial charge in [-0.2, -0.15) is 0 Å². The van der Waals surface area contributed by atoms with Gasteiger partial charge in [0.25, 0.3) is 11.8 Å². The fourth-order valence-corrected chi connectivity index (χ4v) is 6.27. The molecule has 1 aliphatic carbocycles. The smallest absolute Gasteiger partial charge is 0.350 e. The Labute approximate surface area is 183 Å². The minimum Gasteiger partial charge on any atom is -0.451 e. The number of halogens is 2. The summed E-state index contributed by atoms with van der Waals surface area (Å²) >= 11 is 14.7. The van der Waals surface area contributed by atoms with Crippen LogP contribution in [0.1, 0.15) is 36.9 Å². The third kappa shape index (κ3) is 3.85. The number of nitrogens with two attached hydrogens (primary N) is 1. The summed E-state index contributed by atoms with van der Waals surface area (Å²) in [6.45, 7) is -0.509. The average molecular weight is 469 g/mol. The number of fused-ring (bicyclic) bond motifs is 2. The van der Waals surface area contributed by atoms with E-state index in [0.717, 1.165) is 45.7 Å². The van der Waals surface area contributed by atoms with Crippen molar-refractivity contribution in [3.05, 3.63) is 49.1 Å². The summed E-state index contributed by atoms with van der Waals surface area (Å²) in [4.78, 5) is 37.7. The van der Waals surface area contributed by atoms with E-state index in [1.165, 1.54) is 11.3 Å². The van der Waals surface area contributed by atoms with E-state index in [0.29, 0.717) is 21.0 Å². The van der Waals surface area contributed by atoms with Crippen LogP contribution in [0, 0.1) is 0 Å². The van der Waals surface area contributed by atoms with Crippen molar-refractivity contribution in [3.63, 3.8) is 0 Å². The molecule has 2 amide bonds. The number of hydrogen-bond acceptors (Lipinski definition) is 6. The lowest BCUT2D eigenvalue weighted by Crippen LogP contribution is -2.22. The van der Waals surface area contributed by atoms with Gasteiger partial charge in [0, 0.05) is 20.0 Å². The van der Waals surface area contributed by atoms with Gasteiger partial charge in [-0.15, -0.1) is 22.7 Å². The molecule has 3 aromatic rings. The minimum absolute atomic E-state index is 0.199. The molecule has 0 aliphatic heterocycles. The third-order valence-corrected chi connectivity index (χ3v) is 7.61. The molecule has 3 N–H and O–H groups in total. The topological polar surface area (TPSA) is 98.5 Å². The van der Waals surface area contributed by atoms with Gasteiger partial charge >= 0.3 is 5.97 Å². The third-order valence-electron chi connectivity index (χ3n) is 4.53. The standard InChI is InChI=1S/C19H14Cl2N2O4S2/c20-8-4-5-10-12(6-8)28-16(15(10)21)19(26)27-7-13(24)23-18-14(17(22)25)9-2-1-3-11(9)29-18/h4-6H,1-3,7H2,(H2,22,25)(H,23,24). The number of carbonyl (C=O) groups is 3. The molecule has 0 atom stereocenters. The van der Waals surface area contributed by atoms with Gasteiger partial charge in [-0.1, -0.05) is 29.3 Å². The molecule has 2 heterocycles. The monoisotopic (exact) mass is 468 g/mol. The first-order chi connectivity index (χ1) is 13.8. The molecule has 29 heavy (non-hydrogen) atoms. The van der Waals surface area contributed by atoms with Gasteiger partial charge in [-0.25, -0.2) is 4.79 Å². The van der Waals surface area contributed by atoms with Crippen molar-refractivity contribution in [2.24, 2.45) is 5.73 Å².